The Balaban J connectivity index is 1.45. The van der Waals surface area contributed by atoms with Gasteiger partial charge < -0.3 is 14.4 Å². The minimum atomic E-state index is -4.63. The number of carboxylic acids is 1. The van der Waals surface area contributed by atoms with Crippen molar-refractivity contribution >= 4 is 22.6 Å². The van der Waals surface area contributed by atoms with Crippen LogP contribution in [0.25, 0.3) is 21.9 Å². The average molecular weight is 586 g/mol. The van der Waals surface area contributed by atoms with Crippen LogP contribution < -0.4 is 0 Å². The first-order chi connectivity index (χ1) is 20.5. The van der Waals surface area contributed by atoms with E-state index >= 15 is 0 Å². The summed E-state index contributed by atoms with van der Waals surface area (Å²) in [4.78, 5) is 26.7. The highest BCUT2D eigenvalue weighted by Gasteiger charge is 2.35. The van der Waals surface area contributed by atoms with Gasteiger partial charge in [-0.2, -0.15) is 13.2 Å². The predicted octanol–water partition coefficient (Wildman–Crippen LogP) is 8.85. The number of fused-ring (bicyclic) bond motifs is 1. The summed E-state index contributed by atoms with van der Waals surface area (Å²) in [6.07, 6.45) is -4.60. The van der Waals surface area contributed by atoms with Crippen LogP contribution >= 0.6 is 0 Å². The summed E-state index contributed by atoms with van der Waals surface area (Å²) < 4.78 is 44.8. The molecule has 1 unspecified atom stereocenters. The molecule has 5 rings (SSSR count). The fourth-order valence-corrected chi connectivity index (χ4v) is 5.25. The van der Waals surface area contributed by atoms with Crippen molar-refractivity contribution in [2.75, 3.05) is 0 Å². The van der Waals surface area contributed by atoms with E-state index in [-0.39, 0.29) is 37.1 Å². The lowest BCUT2D eigenvalue weighted by molar-refractivity contribution is -0.153. The molecule has 1 amide bonds. The molecule has 0 spiro atoms. The Hall–Kier alpha value is -4.85. The Morgan fingerprint density at radius 3 is 2.30 bits per heavy atom. The second-order valence-electron chi connectivity index (χ2n) is 10.7. The number of carbonyl (C=O) groups excluding carboxylic acids is 1. The van der Waals surface area contributed by atoms with E-state index in [1.165, 1.54) is 11.0 Å². The molecule has 0 saturated heterocycles. The molecule has 0 saturated carbocycles. The largest absolute Gasteiger partial charge is 0.481 e. The summed E-state index contributed by atoms with van der Waals surface area (Å²) in [6.45, 7) is 3.70. The van der Waals surface area contributed by atoms with Gasteiger partial charge >= 0.3 is 12.1 Å². The molecule has 220 valence electrons. The average Bonchev–Trinajstić information content (AvgIpc) is 3.46. The summed E-state index contributed by atoms with van der Waals surface area (Å²) >= 11 is 0. The molecule has 0 radical (unpaired) electrons. The van der Waals surface area contributed by atoms with Gasteiger partial charge in [-0.05, 0) is 63.6 Å². The van der Waals surface area contributed by atoms with Crippen molar-refractivity contribution in [3.63, 3.8) is 0 Å². The van der Waals surface area contributed by atoms with Crippen molar-refractivity contribution in [3.05, 3.63) is 131 Å². The van der Waals surface area contributed by atoms with Gasteiger partial charge in [-0.25, -0.2) is 0 Å². The summed E-state index contributed by atoms with van der Waals surface area (Å²) in [7, 11) is 0. The van der Waals surface area contributed by atoms with Gasteiger partial charge in [0.2, 0.25) is 5.76 Å². The van der Waals surface area contributed by atoms with Crippen molar-refractivity contribution in [2.24, 2.45) is 0 Å². The molecule has 0 aliphatic rings. The van der Waals surface area contributed by atoms with Crippen LogP contribution in [0.5, 0.6) is 0 Å². The molecular formula is C35H30F3NO4. The molecule has 8 heteroatoms. The Bertz CT molecular complexity index is 1770. The summed E-state index contributed by atoms with van der Waals surface area (Å²) in [5.41, 5.74) is 4.80. The lowest BCUT2D eigenvalue weighted by Gasteiger charge is -2.24. The fourth-order valence-electron chi connectivity index (χ4n) is 5.25. The highest BCUT2D eigenvalue weighted by atomic mass is 19.4. The van der Waals surface area contributed by atoms with Gasteiger partial charge in [0.05, 0.1) is 18.5 Å². The molecule has 1 N–H and O–H groups in total. The molecule has 4 aromatic carbocycles. The third-order valence-electron chi connectivity index (χ3n) is 7.52. The molecule has 0 aliphatic carbocycles. The van der Waals surface area contributed by atoms with Crippen molar-refractivity contribution in [1.82, 2.24) is 4.90 Å². The number of amides is 1. The first-order valence-electron chi connectivity index (χ1n) is 13.8. The van der Waals surface area contributed by atoms with Gasteiger partial charge in [-0.15, -0.1) is 0 Å². The lowest BCUT2D eigenvalue weighted by Crippen LogP contribution is -2.30. The first kappa shape index (κ1) is 29.6. The third-order valence-corrected chi connectivity index (χ3v) is 7.52. The topological polar surface area (TPSA) is 70.8 Å². The summed E-state index contributed by atoms with van der Waals surface area (Å²) in [5.74, 6) is -2.40. The smallest absolute Gasteiger partial charge is 0.449 e. The maximum Gasteiger partial charge on any atom is 0.449 e. The Kier molecular flexibility index (Phi) is 8.39. The van der Waals surface area contributed by atoms with E-state index in [9.17, 15) is 22.8 Å². The number of aliphatic carboxylic acids is 1. The SMILES string of the molecule is Cc1ccc2ccccc2c1C(=O)N(Cc1ccc(-c2cccc(C(C)CC(=O)O)c2)cc1)Cc1ccc(C(F)(F)F)o1. The minimum Gasteiger partial charge on any atom is -0.481 e. The zero-order valence-corrected chi connectivity index (χ0v) is 23.7. The van der Waals surface area contributed by atoms with E-state index in [1.54, 1.807) is 0 Å². The molecule has 5 nitrogen and oxygen atoms in total. The maximum atomic E-state index is 14.1. The van der Waals surface area contributed by atoms with Crippen LogP contribution in [0.3, 0.4) is 0 Å². The maximum absolute atomic E-state index is 14.1. The highest BCUT2D eigenvalue weighted by Crippen LogP contribution is 2.32. The van der Waals surface area contributed by atoms with Crippen molar-refractivity contribution in [1.29, 1.82) is 0 Å². The molecule has 0 aliphatic heterocycles. The lowest BCUT2D eigenvalue weighted by atomic mass is 9.94. The number of nitrogens with zero attached hydrogens (tertiary/aromatic N) is 1. The van der Waals surface area contributed by atoms with E-state index in [1.807, 2.05) is 98.8 Å². The van der Waals surface area contributed by atoms with Gasteiger partial charge in [0.15, 0.2) is 0 Å². The van der Waals surface area contributed by atoms with E-state index in [0.29, 0.717) is 5.56 Å². The number of rotatable bonds is 9. The van der Waals surface area contributed by atoms with Gasteiger partial charge in [-0.1, -0.05) is 91.9 Å². The van der Waals surface area contributed by atoms with E-state index in [2.05, 4.69) is 0 Å². The van der Waals surface area contributed by atoms with Crippen molar-refractivity contribution < 1.29 is 32.3 Å². The molecule has 0 bridgehead atoms. The van der Waals surface area contributed by atoms with E-state index in [0.717, 1.165) is 44.7 Å². The van der Waals surface area contributed by atoms with Gasteiger partial charge in [-0.3, -0.25) is 9.59 Å². The van der Waals surface area contributed by atoms with Crippen LogP contribution in [0, 0.1) is 6.92 Å². The van der Waals surface area contributed by atoms with Crippen LogP contribution in [0.4, 0.5) is 13.2 Å². The number of benzene rings is 4. The van der Waals surface area contributed by atoms with E-state index in [4.69, 9.17) is 9.52 Å². The number of aryl methyl sites for hydroxylation is 1. The van der Waals surface area contributed by atoms with Crippen LogP contribution in [-0.2, 0) is 24.1 Å². The van der Waals surface area contributed by atoms with Crippen molar-refractivity contribution in [3.8, 4) is 11.1 Å². The van der Waals surface area contributed by atoms with Crippen LogP contribution in [0.15, 0.2) is 101 Å². The zero-order chi connectivity index (χ0) is 30.7. The number of hydrogen-bond acceptors (Lipinski definition) is 3. The Labute approximate surface area is 247 Å². The molecule has 5 aromatic rings. The molecule has 43 heavy (non-hydrogen) atoms. The number of carboxylic acid groups (broad SMARTS) is 1. The molecule has 1 atom stereocenters. The second kappa shape index (κ2) is 12.2. The quantitative estimate of drug-likeness (QED) is 0.188. The number of hydrogen-bond donors (Lipinski definition) is 1. The summed E-state index contributed by atoms with van der Waals surface area (Å²) in [6, 6.07) is 28.7. The molecule has 1 aromatic heterocycles. The van der Waals surface area contributed by atoms with Gasteiger partial charge in [0.25, 0.3) is 5.91 Å². The van der Waals surface area contributed by atoms with Gasteiger partial charge in [0, 0.05) is 6.54 Å². The standard InChI is InChI=1S/C35H30F3NO4/c1-22-10-13-26-6-3-4-9-30(26)33(22)34(42)39(21-29-16-17-31(43-29)35(36,37)38)20-24-11-14-25(15-12-24)28-8-5-7-27(19-28)23(2)18-32(40)41/h3-17,19,23H,18,20-21H2,1-2H3,(H,40,41). The molecule has 0 fully saturated rings. The predicted molar refractivity (Wildman–Crippen MR) is 159 cm³/mol. The number of halogens is 3. The second-order valence-corrected chi connectivity index (χ2v) is 10.7. The minimum absolute atomic E-state index is 0.0301. The number of furan rings is 1. The zero-order valence-electron chi connectivity index (χ0n) is 23.7. The van der Waals surface area contributed by atoms with Crippen LogP contribution in [-0.4, -0.2) is 21.9 Å². The first-order valence-corrected chi connectivity index (χ1v) is 13.8. The Morgan fingerprint density at radius 1 is 0.860 bits per heavy atom. The normalized spacial score (nSPS) is 12.3. The highest BCUT2D eigenvalue weighted by molar-refractivity contribution is 6.08. The Morgan fingerprint density at radius 2 is 1.60 bits per heavy atom. The third kappa shape index (κ3) is 6.80. The van der Waals surface area contributed by atoms with E-state index < -0.39 is 17.9 Å². The molecule has 1 heterocycles. The number of carbonyl (C=O) groups is 2. The van der Waals surface area contributed by atoms with Crippen LogP contribution in [0.1, 0.15) is 57.8 Å². The number of alkyl halides is 3. The molecular weight excluding hydrogens is 555 g/mol. The van der Waals surface area contributed by atoms with Gasteiger partial charge in [0.1, 0.15) is 5.76 Å². The monoisotopic (exact) mass is 585 g/mol. The van der Waals surface area contributed by atoms with Crippen LogP contribution in [0.2, 0.25) is 0 Å². The fraction of sp³-hybridized carbons (Fsp3) is 0.200. The van der Waals surface area contributed by atoms with Crippen molar-refractivity contribution in [2.45, 2.75) is 45.5 Å². The summed E-state index contributed by atoms with van der Waals surface area (Å²) in [5, 5.41) is 10.8.